The zero-order valence-corrected chi connectivity index (χ0v) is 17.1. The molecular weight excluding hydrogens is 390 g/mol. The summed E-state index contributed by atoms with van der Waals surface area (Å²) in [5.74, 6) is 1.34. The summed E-state index contributed by atoms with van der Waals surface area (Å²) in [7, 11) is 0. The van der Waals surface area contributed by atoms with E-state index in [1.807, 2.05) is 26.0 Å². The molecule has 0 radical (unpaired) electrons. The molecule has 0 saturated carbocycles. The van der Waals surface area contributed by atoms with Crippen molar-refractivity contribution >= 4 is 17.5 Å². The normalized spacial score (nSPS) is 10.8. The minimum Gasteiger partial charge on any atom is -0.491 e. The van der Waals surface area contributed by atoms with Crippen LogP contribution in [0.2, 0.25) is 5.02 Å². The van der Waals surface area contributed by atoms with Gasteiger partial charge in [0.15, 0.2) is 0 Å². The molecule has 0 aliphatic carbocycles. The molecule has 2 aromatic carbocycles. The van der Waals surface area contributed by atoms with Crippen molar-refractivity contribution in [3.8, 4) is 17.1 Å². The van der Waals surface area contributed by atoms with Gasteiger partial charge in [0.1, 0.15) is 12.3 Å². The fraction of sp³-hybridized carbons (Fsp3) is 0.227. The van der Waals surface area contributed by atoms with Crippen LogP contribution in [0.25, 0.3) is 11.4 Å². The molecule has 0 aliphatic rings. The van der Waals surface area contributed by atoms with Crippen LogP contribution in [-0.4, -0.2) is 33.6 Å². The lowest BCUT2D eigenvalue weighted by atomic mass is 10.2. The third kappa shape index (κ3) is 5.45. The second-order valence-corrected chi connectivity index (χ2v) is 7.12. The summed E-state index contributed by atoms with van der Waals surface area (Å²) < 4.78 is 11.0. The first-order valence-corrected chi connectivity index (χ1v) is 9.59. The molecule has 3 rings (SSSR count). The van der Waals surface area contributed by atoms with E-state index in [1.54, 1.807) is 47.4 Å². The monoisotopic (exact) mass is 411 g/mol. The fourth-order valence-corrected chi connectivity index (χ4v) is 2.83. The number of hydrogen-bond acceptors (Lipinski definition) is 5. The molecular formula is C22H22ClN3O3. The fourth-order valence-electron chi connectivity index (χ4n) is 2.70. The van der Waals surface area contributed by atoms with Crippen LogP contribution in [-0.2, 0) is 6.54 Å². The molecule has 6 nitrogen and oxygen atoms in total. The van der Waals surface area contributed by atoms with Gasteiger partial charge >= 0.3 is 0 Å². The van der Waals surface area contributed by atoms with Gasteiger partial charge in [0.25, 0.3) is 5.91 Å². The van der Waals surface area contributed by atoms with E-state index < -0.39 is 0 Å². The number of hydrogen-bond donors (Lipinski definition) is 0. The second-order valence-electron chi connectivity index (χ2n) is 6.68. The number of benzene rings is 2. The van der Waals surface area contributed by atoms with E-state index >= 15 is 0 Å². The molecule has 0 N–H and O–H groups in total. The average molecular weight is 412 g/mol. The molecule has 1 heterocycles. The van der Waals surface area contributed by atoms with Crippen LogP contribution in [0, 0.1) is 0 Å². The zero-order valence-electron chi connectivity index (χ0n) is 16.3. The van der Waals surface area contributed by atoms with E-state index in [0.717, 1.165) is 11.3 Å². The molecule has 0 spiro atoms. The Morgan fingerprint density at radius 3 is 2.52 bits per heavy atom. The standard InChI is InChI=1S/C22H22ClN3O3/c1-4-13-26(22(27)17-7-11-19(12-8-17)28-15(2)3)14-20-24-21(25-29-20)16-5-9-18(23)10-6-16/h4-12,15H,1,13-14H2,2-3H3. The van der Waals surface area contributed by atoms with Crippen LogP contribution in [0.15, 0.2) is 65.7 Å². The summed E-state index contributed by atoms with van der Waals surface area (Å²) >= 11 is 5.91. The summed E-state index contributed by atoms with van der Waals surface area (Å²) in [6, 6.07) is 14.2. The van der Waals surface area contributed by atoms with Crippen LogP contribution in [0.4, 0.5) is 0 Å². The van der Waals surface area contributed by atoms with Crippen molar-refractivity contribution in [2.24, 2.45) is 0 Å². The maximum atomic E-state index is 12.9. The number of nitrogens with zero attached hydrogens (tertiary/aromatic N) is 3. The predicted molar refractivity (Wildman–Crippen MR) is 112 cm³/mol. The Balaban J connectivity index is 1.73. The van der Waals surface area contributed by atoms with Crippen molar-refractivity contribution < 1.29 is 14.1 Å². The van der Waals surface area contributed by atoms with Gasteiger partial charge in [-0.05, 0) is 62.4 Å². The van der Waals surface area contributed by atoms with E-state index in [4.69, 9.17) is 20.9 Å². The second kappa shape index (κ2) is 9.39. The lowest BCUT2D eigenvalue weighted by Gasteiger charge is -2.19. The van der Waals surface area contributed by atoms with Gasteiger partial charge in [0.2, 0.25) is 11.7 Å². The molecule has 0 fully saturated rings. The number of ether oxygens (including phenoxy) is 1. The number of carbonyl (C=O) groups is 1. The Morgan fingerprint density at radius 1 is 1.21 bits per heavy atom. The van der Waals surface area contributed by atoms with Crippen molar-refractivity contribution in [3.63, 3.8) is 0 Å². The summed E-state index contributed by atoms with van der Waals surface area (Å²) in [6.07, 6.45) is 1.73. The van der Waals surface area contributed by atoms with E-state index in [9.17, 15) is 4.79 Å². The van der Waals surface area contributed by atoms with Gasteiger partial charge in [-0.1, -0.05) is 22.8 Å². The topological polar surface area (TPSA) is 68.5 Å². The van der Waals surface area contributed by atoms with Gasteiger partial charge in [-0.3, -0.25) is 4.79 Å². The highest BCUT2D eigenvalue weighted by Crippen LogP contribution is 2.20. The predicted octanol–water partition coefficient (Wildman–Crippen LogP) is 5.01. The molecule has 0 atom stereocenters. The smallest absolute Gasteiger partial charge is 0.254 e. The highest BCUT2D eigenvalue weighted by atomic mass is 35.5. The van der Waals surface area contributed by atoms with Gasteiger partial charge in [0.05, 0.1) is 6.10 Å². The number of halogens is 1. The third-order valence-corrected chi connectivity index (χ3v) is 4.26. The Hall–Kier alpha value is -3.12. The van der Waals surface area contributed by atoms with Crippen molar-refractivity contribution in [2.75, 3.05) is 6.54 Å². The highest BCUT2D eigenvalue weighted by Gasteiger charge is 2.19. The van der Waals surface area contributed by atoms with Gasteiger partial charge in [0, 0.05) is 22.7 Å². The summed E-state index contributed by atoms with van der Waals surface area (Å²) in [4.78, 5) is 18.9. The number of aromatic nitrogens is 2. The Kier molecular flexibility index (Phi) is 6.67. The van der Waals surface area contributed by atoms with Crippen LogP contribution in [0.1, 0.15) is 30.1 Å². The molecule has 1 amide bonds. The SMILES string of the molecule is C=CCN(Cc1nc(-c2ccc(Cl)cc2)no1)C(=O)c1ccc(OC(C)C)cc1. The van der Waals surface area contributed by atoms with Crippen molar-refractivity contribution in [1.29, 1.82) is 0 Å². The Bertz CT molecular complexity index is 966. The molecule has 1 aromatic heterocycles. The Labute approximate surface area is 174 Å². The summed E-state index contributed by atoms with van der Waals surface area (Å²) in [5.41, 5.74) is 1.33. The van der Waals surface area contributed by atoms with E-state index in [-0.39, 0.29) is 18.6 Å². The minimum absolute atomic E-state index is 0.0705. The molecule has 150 valence electrons. The first kappa shape index (κ1) is 20.6. The molecule has 29 heavy (non-hydrogen) atoms. The first-order chi connectivity index (χ1) is 14.0. The number of rotatable bonds is 8. The van der Waals surface area contributed by atoms with Crippen LogP contribution in [0.5, 0.6) is 5.75 Å². The number of amides is 1. The largest absolute Gasteiger partial charge is 0.491 e. The van der Waals surface area contributed by atoms with Gasteiger partial charge in [-0.25, -0.2) is 0 Å². The number of carbonyl (C=O) groups excluding carboxylic acids is 1. The van der Waals surface area contributed by atoms with E-state index in [2.05, 4.69) is 16.7 Å². The maximum Gasteiger partial charge on any atom is 0.254 e. The first-order valence-electron chi connectivity index (χ1n) is 9.21. The van der Waals surface area contributed by atoms with Crippen LogP contribution in [0.3, 0.4) is 0 Å². The summed E-state index contributed by atoms with van der Waals surface area (Å²) in [6.45, 7) is 8.16. The third-order valence-electron chi connectivity index (χ3n) is 4.01. The lowest BCUT2D eigenvalue weighted by Crippen LogP contribution is -2.30. The zero-order chi connectivity index (χ0) is 20.8. The molecule has 0 bridgehead atoms. The molecule has 0 aliphatic heterocycles. The molecule has 0 unspecified atom stereocenters. The van der Waals surface area contributed by atoms with Crippen molar-refractivity contribution in [3.05, 3.63) is 77.7 Å². The van der Waals surface area contributed by atoms with Gasteiger partial charge < -0.3 is 14.2 Å². The van der Waals surface area contributed by atoms with E-state index in [1.165, 1.54) is 0 Å². The van der Waals surface area contributed by atoms with Gasteiger partial charge in [-0.2, -0.15) is 4.98 Å². The average Bonchev–Trinajstić information content (AvgIpc) is 3.16. The van der Waals surface area contributed by atoms with Gasteiger partial charge in [-0.15, -0.1) is 6.58 Å². The minimum atomic E-state index is -0.160. The molecule has 7 heteroatoms. The highest BCUT2D eigenvalue weighted by molar-refractivity contribution is 6.30. The van der Waals surface area contributed by atoms with Crippen molar-refractivity contribution in [2.45, 2.75) is 26.5 Å². The van der Waals surface area contributed by atoms with Crippen molar-refractivity contribution in [1.82, 2.24) is 15.0 Å². The summed E-state index contributed by atoms with van der Waals surface area (Å²) in [5, 5.41) is 4.62. The van der Waals surface area contributed by atoms with E-state index in [0.29, 0.717) is 28.8 Å². The van der Waals surface area contributed by atoms with Crippen LogP contribution >= 0.6 is 11.6 Å². The Morgan fingerprint density at radius 2 is 1.90 bits per heavy atom. The quantitative estimate of drug-likeness (QED) is 0.487. The maximum absolute atomic E-state index is 12.9. The molecule has 0 saturated heterocycles. The lowest BCUT2D eigenvalue weighted by molar-refractivity contribution is 0.0745. The van der Waals surface area contributed by atoms with Crippen LogP contribution < -0.4 is 4.74 Å². The molecule has 3 aromatic rings.